The number of phenolic OH excluding ortho intramolecular Hbond substituents is 1. The lowest BCUT2D eigenvalue weighted by Crippen LogP contribution is -1.80. The average molecular weight is 178 g/mol. The molecule has 0 aliphatic heterocycles. The number of benzene rings is 1. The summed E-state index contributed by atoms with van der Waals surface area (Å²) in [5, 5.41) is 12.7. The number of phenols is 1. The van der Waals surface area contributed by atoms with Crippen LogP contribution in [-0.4, -0.2) is 5.11 Å². The van der Waals surface area contributed by atoms with Crippen LogP contribution in [0.3, 0.4) is 0 Å². The third kappa shape index (κ3) is 0.916. The van der Waals surface area contributed by atoms with Crippen molar-refractivity contribution >= 4 is 21.4 Å². The minimum absolute atomic E-state index is 0.401. The van der Waals surface area contributed by atoms with E-state index in [1.807, 2.05) is 26.0 Å². The Bertz CT molecular complexity index is 429. The van der Waals surface area contributed by atoms with Gasteiger partial charge in [0.1, 0.15) is 5.75 Å². The van der Waals surface area contributed by atoms with E-state index in [9.17, 15) is 5.11 Å². The summed E-state index contributed by atoms with van der Waals surface area (Å²) in [6.07, 6.45) is 0. The van der Waals surface area contributed by atoms with Crippen molar-refractivity contribution in [3.8, 4) is 5.75 Å². The highest BCUT2D eigenvalue weighted by atomic mass is 32.1. The Hall–Kier alpha value is -1.02. The molecule has 1 nitrogen and oxygen atoms in total. The van der Waals surface area contributed by atoms with Gasteiger partial charge in [-0.1, -0.05) is 0 Å². The number of thiophene rings is 1. The molecule has 0 unspecified atom stereocenters. The number of hydrogen-bond acceptors (Lipinski definition) is 2. The quantitative estimate of drug-likeness (QED) is 0.656. The Morgan fingerprint density at radius 2 is 2.00 bits per heavy atom. The summed E-state index contributed by atoms with van der Waals surface area (Å²) in [4.78, 5) is 0. The van der Waals surface area contributed by atoms with Gasteiger partial charge in [-0.2, -0.15) is 0 Å². The lowest BCUT2D eigenvalue weighted by molar-refractivity contribution is 0.471. The topological polar surface area (TPSA) is 20.2 Å². The molecule has 0 atom stereocenters. The van der Waals surface area contributed by atoms with Crippen molar-refractivity contribution in [1.29, 1.82) is 0 Å². The molecular weight excluding hydrogens is 168 g/mol. The Morgan fingerprint density at radius 1 is 1.25 bits per heavy atom. The molecule has 0 saturated heterocycles. The van der Waals surface area contributed by atoms with Gasteiger partial charge in [0.05, 0.1) is 0 Å². The molecule has 1 N–H and O–H groups in total. The first-order chi connectivity index (χ1) is 5.70. The van der Waals surface area contributed by atoms with Crippen LogP contribution in [0.2, 0.25) is 0 Å². The van der Waals surface area contributed by atoms with E-state index in [-0.39, 0.29) is 0 Å². The van der Waals surface area contributed by atoms with E-state index in [1.54, 1.807) is 11.3 Å². The minimum Gasteiger partial charge on any atom is -0.508 e. The Kier molecular flexibility index (Phi) is 1.58. The second-order valence-corrected chi connectivity index (χ2v) is 3.90. The number of rotatable bonds is 0. The van der Waals surface area contributed by atoms with Gasteiger partial charge in [0, 0.05) is 4.70 Å². The molecule has 62 valence electrons. The molecule has 1 heterocycles. The molecule has 1 aromatic heterocycles. The number of hydrogen-bond donors (Lipinski definition) is 1. The van der Waals surface area contributed by atoms with Gasteiger partial charge in [-0.15, -0.1) is 11.3 Å². The molecule has 0 fully saturated rings. The number of aryl methyl sites for hydroxylation is 1. The van der Waals surface area contributed by atoms with Crippen molar-refractivity contribution in [1.82, 2.24) is 0 Å². The SMILES string of the molecule is Cc1c(O)cc2ccsc2c1C. The zero-order valence-electron chi connectivity index (χ0n) is 7.09. The van der Waals surface area contributed by atoms with Gasteiger partial charge in [-0.05, 0) is 47.9 Å². The molecule has 1 aromatic carbocycles. The van der Waals surface area contributed by atoms with Crippen molar-refractivity contribution in [3.63, 3.8) is 0 Å². The van der Waals surface area contributed by atoms with Gasteiger partial charge >= 0.3 is 0 Å². The largest absolute Gasteiger partial charge is 0.508 e. The van der Waals surface area contributed by atoms with Gasteiger partial charge in [0.2, 0.25) is 0 Å². The fourth-order valence-electron chi connectivity index (χ4n) is 1.36. The van der Waals surface area contributed by atoms with Crippen LogP contribution in [0.4, 0.5) is 0 Å². The minimum atomic E-state index is 0.401. The van der Waals surface area contributed by atoms with Gasteiger partial charge in [-0.25, -0.2) is 0 Å². The molecule has 2 aromatic rings. The molecule has 12 heavy (non-hydrogen) atoms. The maximum absolute atomic E-state index is 9.52. The van der Waals surface area contributed by atoms with E-state index in [4.69, 9.17) is 0 Å². The number of fused-ring (bicyclic) bond motifs is 1. The van der Waals surface area contributed by atoms with Crippen LogP contribution in [0, 0.1) is 13.8 Å². The maximum Gasteiger partial charge on any atom is 0.119 e. The smallest absolute Gasteiger partial charge is 0.119 e. The van der Waals surface area contributed by atoms with E-state index in [0.717, 1.165) is 10.9 Å². The van der Waals surface area contributed by atoms with Gasteiger partial charge < -0.3 is 5.11 Å². The summed E-state index contributed by atoms with van der Waals surface area (Å²) in [7, 11) is 0. The fourth-order valence-corrected chi connectivity index (χ4v) is 2.30. The highest BCUT2D eigenvalue weighted by Gasteiger charge is 2.05. The zero-order valence-corrected chi connectivity index (χ0v) is 7.90. The lowest BCUT2D eigenvalue weighted by atomic mass is 10.1. The second kappa shape index (κ2) is 2.49. The molecule has 2 rings (SSSR count). The molecule has 0 amide bonds. The maximum atomic E-state index is 9.52. The van der Waals surface area contributed by atoms with Crippen LogP contribution in [0.1, 0.15) is 11.1 Å². The third-order valence-corrected chi connectivity index (χ3v) is 3.32. The Labute approximate surface area is 75.3 Å². The van der Waals surface area contributed by atoms with Crippen molar-refractivity contribution in [3.05, 3.63) is 28.6 Å². The van der Waals surface area contributed by atoms with Crippen molar-refractivity contribution in [2.24, 2.45) is 0 Å². The fraction of sp³-hybridized carbons (Fsp3) is 0.200. The van der Waals surface area contributed by atoms with E-state index < -0.39 is 0 Å². The summed E-state index contributed by atoms with van der Waals surface area (Å²) < 4.78 is 1.28. The van der Waals surface area contributed by atoms with Crippen LogP contribution in [0.25, 0.3) is 10.1 Å². The standard InChI is InChI=1S/C10H10OS/c1-6-7(2)10-8(3-4-12-10)5-9(6)11/h3-5,11H,1-2H3. The van der Waals surface area contributed by atoms with Crippen LogP contribution in [0.15, 0.2) is 17.5 Å². The van der Waals surface area contributed by atoms with E-state index in [0.29, 0.717) is 5.75 Å². The first kappa shape index (κ1) is 7.62. The summed E-state index contributed by atoms with van der Waals surface area (Å²) in [6, 6.07) is 3.86. The first-order valence-corrected chi connectivity index (χ1v) is 4.74. The predicted octanol–water partition coefficient (Wildman–Crippen LogP) is 3.22. The highest BCUT2D eigenvalue weighted by molar-refractivity contribution is 7.17. The molecule has 2 heteroatoms. The second-order valence-electron chi connectivity index (χ2n) is 2.98. The van der Waals surface area contributed by atoms with E-state index in [2.05, 4.69) is 5.38 Å². The average Bonchev–Trinajstić information content (AvgIpc) is 2.48. The van der Waals surface area contributed by atoms with E-state index >= 15 is 0 Å². The zero-order chi connectivity index (χ0) is 8.72. The van der Waals surface area contributed by atoms with Gasteiger partial charge in [-0.3, -0.25) is 0 Å². The van der Waals surface area contributed by atoms with Crippen molar-refractivity contribution in [2.45, 2.75) is 13.8 Å². The van der Waals surface area contributed by atoms with Crippen LogP contribution in [0.5, 0.6) is 5.75 Å². The normalized spacial score (nSPS) is 10.8. The summed E-state index contributed by atoms with van der Waals surface area (Å²) >= 11 is 1.73. The van der Waals surface area contributed by atoms with Crippen LogP contribution >= 0.6 is 11.3 Å². The highest BCUT2D eigenvalue weighted by Crippen LogP contribution is 2.32. The predicted molar refractivity (Wildman–Crippen MR) is 53.0 cm³/mol. The third-order valence-electron chi connectivity index (χ3n) is 2.28. The molecule has 0 radical (unpaired) electrons. The molecular formula is C10H10OS. The molecule has 0 saturated carbocycles. The molecule has 0 spiro atoms. The molecule has 0 aliphatic rings. The first-order valence-electron chi connectivity index (χ1n) is 3.86. The van der Waals surface area contributed by atoms with Crippen molar-refractivity contribution < 1.29 is 5.11 Å². The van der Waals surface area contributed by atoms with Gasteiger partial charge in [0.15, 0.2) is 0 Å². The Balaban J connectivity index is 2.94. The Morgan fingerprint density at radius 3 is 2.75 bits per heavy atom. The lowest BCUT2D eigenvalue weighted by Gasteiger charge is -2.03. The van der Waals surface area contributed by atoms with Gasteiger partial charge in [0.25, 0.3) is 0 Å². The van der Waals surface area contributed by atoms with Crippen LogP contribution in [-0.2, 0) is 0 Å². The van der Waals surface area contributed by atoms with Crippen LogP contribution < -0.4 is 0 Å². The van der Waals surface area contributed by atoms with E-state index in [1.165, 1.54) is 10.3 Å². The molecule has 0 aliphatic carbocycles. The summed E-state index contributed by atoms with van der Waals surface area (Å²) in [5.41, 5.74) is 2.19. The monoisotopic (exact) mass is 178 g/mol. The van der Waals surface area contributed by atoms with Crippen molar-refractivity contribution in [2.75, 3.05) is 0 Å². The summed E-state index contributed by atoms with van der Waals surface area (Å²) in [5.74, 6) is 0.401. The number of aromatic hydroxyl groups is 1. The molecule has 0 bridgehead atoms. The summed E-state index contributed by atoms with van der Waals surface area (Å²) in [6.45, 7) is 4.00.